The van der Waals surface area contributed by atoms with Crippen molar-refractivity contribution in [2.45, 2.75) is 64.0 Å². The average molecular weight is 279 g/mol. The van der Waals surface area contributed by atoms with Crippen molar-refractivity contribution in [2.24, 2.45) is 5.92 Å². The fourth-order valence-electron chi connectivity index (χ4n) is 4.49. The van der Waals surface area contributed by atoms with Gasteiger partial charge in [-0.05, 0) is 64.2 Å². The van der Waals surface area contributed by atoms with Crippen LogP contribution in [0.3, 0.4) is 0 Å². The molecule has 3 rings (SSSR count). The number of nitrogens with one attached hydrogen (secondary N) is 1. The van der Waals surface area contributed by atoms with E-state index in [1.165, 1.54) is 84.2 Å². The van der Waals surface area contributed by atoms with Crippen molar-refractivity contribution >= 4 is 0 Å². The number of nitrogens with zero attached hydrogens (tertiary/aromatic N) is 2. The molecule has 3 aliphatic heterocycles. The summed E-state index contributed by atoms with van der Waals surface area (Å²) in [5.74, 6) is 0.797. The number of rotatable bonds is 5. The molecule has 20 heavy (non-hydrogen) atoms. The smallest absolute Gasteiger partial charge is 0.0249 e. The van der Waals surface area contributed by atoms with Crippen molar-refractivity contribution in [3.8, 4) is 0 Å². The Balaban J connectivity index is 1.38. The fourth-order valence-corrected chi connectivity index (χ4v) is 4.49. The molecular weight excluding hydrogens is 246 g/mol. The highest BCUT2D eigenvalue weighted by Gasteiger charge is 2.35. The third-order valence-electron chi connectivity index (χ3n) is 5.60. The first kappa shape index (κ1) is 14.8. The van der Waals surface area contributed by atoms with Crippen molar-refractivity contribution in [3.63, 3.8) is 0 Å². The second kappa shape index (κ2) is 7.24. The van der Waals surface area contributed by atoms with Gasteiger partial charge < -0.3 is 10.2 Å². The molecule has 0 saturated carbocycles. The standard InChI is InChI=1S/C17H33N3/c1-15(14-19-9-4-2-5-10-19)13-18-16-8-12-20-11-6-3-7-17(16)20/h15-18H,2-14H2,1H3. The van der Waals surface area contributed by atoms with Gasteiger partial charge in [0, 0.05) is 25.2 Å². The van der Waals surface area contributed by atoms with E-state index in [-0.39, 0.29) is 0 Å². The van der Waals surface area contributed by atoms with Gasteiger partial charge in [-0.25, -0.2) is 0 Å². The van der Waals surface area contributed by atoms with E-state index in [2.05, 4.69) is 22.0 Å². The van der Waals surface area contributed by atoms with Crippen LogP contribution in [0.2, 0.25) is 0 Å². The Bertz CT molecular complexity index is 288. The van der Waals surface area contributed by atoms with Gasteiger partial charge in [-0.3, -0.25) is 4.90 Å². The fraction of sp³-hybridized carbons (Fsp3) is 1.00. The van der Waals surface area contributed by atoms with Crippen LogP contribution in [0, 0.1) is 5.92 Å². The van der Waals surface area contributed by atoms with Gasteiger partial charge in [0.1, 0.15) is 0 Å². The highest BCUT2D eigenvalue weighted by molar-refractivity contribution is 4.94. The Hall–Kier alpha value is -0.120. The van der Waals surface area contributed by atoms with Crippen LogP contribution in [-0.4, -0.2) is 61.2 Å². The molecule has 3 aliphatic rings. The van der Waals surface area contributed by atoms with E-state index < -0.39 is 0 Å². The van der Waals surface area contributed by atoms with E-state index in [0.29, 0.717) is 0 Å². The predicted octanol–water partition coefficient (Wildman–Crippen LogP) is 2.32. The van der Waals surface area contributed by atoms with Crippen molar-refractivity contribution in [1.29, 1.82) is 0 Å². The van der Waals surface area contributed by atoms with E-state index in [9.17, 15) is 0 Å². The van der Waals surface area contributed by atoms with Crippen LogP contribution < -0.4 is 5.32 Å². The maximum atomic E-state index is 3.90. The molecule has 3 unspecified atom stereocenters. The van der Waals surface area contributed by atoms with E-state index in [4.69, 9.17) is 0 Å². The largest absolute Gasteiger partial charge is 0.312 e. The number of hydrogen-bond donors (Lipinski definition) is 1. The molecule has 0 aliphatic carbocycles. The summed E-state index contributed by atoms with van der Waals surface area (Å²) in [6.07, 6.45) is 9.96. The van der Waals surface area contributed by atoms with Crippen molar-refractivity contribution in [3.05, 3.63) is 0 Å². The topological polar surface area (TPSA) is 18.5 Å². The molecule has 3 heterocycles. The van der Waals surface area contributed by atoms with E-state index >= 15 is 0 Å². The van der Waals surface area contributed by atoms with Gasteiger partial charge in [-0.1, -0.05) is 19.8 Å². The van der Waals surface area contributed by atoms with Gasteiger partial charge >= 0.3 is 0 Å². The first-order valence-electron chi connectivity index (χ1n) is 9.03. The monoisotopic (exact) mass is 279 g/mol. The summed E-state index contributed by atoms with van der Waals surface area (Å²) in [5, 5.41) is 3.90. The van der Waals surface area contributed by atoms with E-state index in [0.717, 1.165) is 18.0 Å². The quantitative estimate of drug-likeness (QED) is 0.833. The zero-order valence-corrected chi connectivity index (χ0v) is 13.3. The SMILES string of the molecule is CC(CNC1CCN2CCCCC12)CN1CCCCC1. The molecule has 0 aromatic heterocycles. The lowest BCUT2D eigenvalue weighted by atomic mass is 9.98. The molecule has 0 amide bonds. The summed E-state index contributed by atoms with van der Waals surface area (Å²) in [6, 6.07) is 1.63. The summed E-state index contributed by atoms with van der Waals surface area (Å²) in [4.78, 5) is 5.41. The van der Waals surface area contributed by atoms with E-state index in [1.54, 1.807) is 0 Å². The molecule has 0 spiro atoms. The van der Waals surface area contributed by atoms with Crippen LogP contribution in [0.5, 0.6) is 0 Å². The molecule has 0 aromatic rings. The van der Waals surface area contributed by atoms with Crippen LogP contribution in [0.1, 0.15) is 51.9 Å². The highest BCUT2D eigenvalue weighted by Crippen LogP contribution is 2.27. The molecule has 116 valence electrons. The number of likely N-dealkylation sites (tertiary alicyclic amines) is 1. The molecule has 3 fully saturated rings. The molecule has 3 heteroatoms. The minimum absolute atomic E-state index is 0.777. The molecule has 0 radical (unpaired) electrons. The Morgan fingerprint density at radius 1 is 0.950 bits per heavy atom. The lowest BCUT2D eigenvalue weighted by molar-refractivity contribution is 0.172. The van der Waals surface area contributed by atoms with Crippen LogP contribution in [-0.2, 0) is 0 Å². The maximum absolute atomic E-state index is 3.90. The zero-order chi connectivity index (χ0) is 13.8. The van der Waals surface area contributed by atoms with Crippen LogP contribution in [0.4, 0.5) is 0 Å². The maximum Gasteiger partial charge on any atom is 0.0249 e. The molecular formula is C17H33N3. The highest BCUT2D eigenvalue weighted by atomic mass is 15.2. The number of fused-ring (bicyclic) bond motifs is 1. The minimum atomic E-state index is 0.777. The predicted molar refractivity (Wildman–Crippen MR) is 85.1 cm³/mol. The summed E-state index contributed by atoms with van der Waals surface area (Å²) in [7, 11) is 0. The minimum Gasteiger partial charge on any atom is -0.312 e. The summed E-state index contributed by atoms with van der Waals surface area (Å²) in [5.41, 5.74) is 0. The molecule has 0 aromatic carbocycles. The van der Waals surface area contributed by atoms with Crippen molar-refractivity contribution in [1.82, 2.24) is 15.1 Å². The lowest BCUT2D eigenvalue weighted by Crippen LogP contribution is -2.46. The summed E-state index contributed by atoms with van der Waals surface area (Å²) in [6.45, 7) is 10.3. The van der Waals surface area contributed by atoms with Crippen LogP contribution in [0.15, 0.2) is 0 Å². The van der Waals surface area contributed by atoms with Crippen molar-refractivity contribution < 1.29 is 0 Å². The third-order valence-corrected chi connectivity index (χ3v) is 5.60. The van der Waals surface area contributed by atoms with Gasteiger partial charge in [-0.2, -0.15) is 0 Å². The summed E-state index contributed by atoms with van der Waals surface area (Å²) < 4.78 is 0. The van der Waals surface area contributed by atoms with Gasteiger partial charge in [-0.15, -0.1) is 0 Å². The van der Waals surface area contributed by atoms with Gasteiger partial charge in [0.2, 0.25) is 0 Å². The normalized spacial score (nSPS) is 34.0. The third kappa shape index (κ3) is 3.75. The summed E-state index contributed by atoms with van der Waals surface area (Å²) >= 11 is 0. The molecule has 0 bridgehead atoms. The zero-order valence-electron chi connectivity index (χ0n) is 13.3. The van der Waals surface area contributed by atoms with Gasteiger partial charge in [0.05, 0.1) is 0 Å². The first-order chi connectivity index (χ1) is 9.83. The van der Waals surface area contributed by atoms with Crippen molar-refractivity contribution in [2.75, 3.05) is 39.3 Å². The Morgan fingerprint density at radius 3 is 2.60 bits per heavy atom. The van der Waals surface area contributed by atoms with Crippen LogP contribution >= 0.6 is 0 Å². The number of hydrogen-bond acceptors (Lipinski definition) is 3. The van der Waals surface area contributed by atoms with Gasteiger partial charge in [0.15, 0.2) is 0 Å². The molecule has 1 N–H and O–H groups in total. The second-order valence-corrected chi connectivity index (χ2v) is 7.37. The average Bonchev–Trinajstić information content (AvgIpc) is 2.89. The van der Waals surface area contributed by atoms with E-state index in [1.807, 2.05) is 0 Å². The van der Waals surface area contributed by atoms with Crippen LogP contribution in [0.25, 0.3) is 0 Å². The molecule has 3 saturated heterocycles. The first-order valence-corrected chi connectivity index (χ1v) is 9.03. The lowest BCUT2D eigenvalue weighted by Gasteiger charge is -2.34. The Labute approximate surface area is 125 Å². The second-order valence-electron chi connectivity index (χ2n) is 7.37. The Morgan fingerprint density at radius 2 is 1.75 bits per heavy atom. The van der Waals surface area contributed by atoms with Gasteiger partial charge in [0.25, 0.3) is 0 Å². The number of piperidine rings is 2. The molecule has 3 nitrogen and oxygen atoms in total. The Kier molecular flexibility index (Phi) is 5.36. The molecule has 3 atom stereocenters.